The summed E-state index contributed by atoms with van der Waals surface area (Å²) in [6.07, 6.45) is 53.6. The molecule has 1 fully saturated rings. The van der Waals surface area contributed by atoms with Gasteiger partial charge in [0.25, 0.3) is 0 Å². The number of carbonyl (C=O) groups is 1. The molecule has 0 aromatic carbocycles. The van der Waals surface area contributed by atoms with Gasteiger partial charge in [0, 0.05) is 6.42 Å². The summed E-state index contributed by atoms with van der Waals surface area (Å²) >= 11 is 0. The number of hydrogen-bond donors (Lipinski definition) is 6. The van der Waals surface area contributed by atoms with Crippen LogP contribution in [0.4, 0.5) is 0 Å². The highest BCUT2D eigenvalue weighted by molar-refractivity contribution is 5.76. The van der Waals surface area contributed by atoms with Crippen molar-refractivity contribution in [1.82, 2.24) is 5.32 Å². The van der Waals surface area contributed by atoms with Crippen LogP contribution < -0.4 is 5.32 Å². The number of ether oxygens (including phenoxy) is 2. The molecular formula is C58H111NO8. The van der Waals surface area contributed by atoms with E-state index >= 15 is 0 Å². The summed E-state index contributed by atoms with van der Waals surface area (Å²) in [6, 6.07) is -0.715. The van der Waals surface area contributed by atoms with Crippen LogP contribution in [0.15, 0.2) is 24.3 Å². The zero-order valence-electron chi connectivity index (χ0n) is 43.9. The van der Waals surface area contributed by atoms with Gasteiger partial charge in [-0.15, -0.1) is 0 Å². The molecule has 0 aromatic heterocycles. The molecule has 9 nitrogen and oxygen atoms in total. The fraction of sp³-hybridized carbons (Fsp3) is 0.914. The highest BCUT2D eigenvalue weighted by Gasteiger charge is 2.44. The summed E-state index contributed by atoms with van der Waals surface area (Å²) in [6.45, 7) is 3.85. The van der Waals surface area contributed by atoms with Crippen molar-refractivity contribution in [3.8, 4) is 0 Å². The van der Waals surface area contributed by atoms with Crippen LogP contribution >= 0.6 is 0 Å². The average molecular weight is 951 g/mol. The molecule has 1 aliphatic rings. The third kappa shape index (κ3) is 38.1. The van der Waals surface area contributed by atoms with E-state index in [4.69, 9.17) is 9.47 Å². The second kappa shape index (κ2) is 48.3. The molecule has 0 aromatic rings. The van der Waals surface area contributed by atoms with Crippen LogP contribution in [0.3, 0.4) is 0 Å². The molecule has 0 aliphatic carbocycles. The Morgan fingerprint density at radius 3 is 1.28 bits per heavy atom. The van der Waals surface area contributed by atoms with Crippen molar-refractivity contribution < 1.29 is 39.8 Å². The van der Waals surface area contributed by atoms with Crippen molar-refractivity contribution in [1.29, 1.82) is 0 Å². The van der Waals surface area contributed by atoms with Crippen molar-refractivity contribution in [2.75, 3.05) is 13.2 Å². The molecule has 6 N–H and O–H groups in total. The van der Waals surface area contributed by atoms with E-state index in [0.29, 0.717) is 12.8 Å². The number of carbonyl (C=O) groups excluding carboxylic acids is 1. The van der Waals surface area contributed by atoms with E-state index in [0.717, 1.165) is 44.9 Å². The van der Waals surface area contributed by atoms with Crippen LogP contribution in [0, 0.1) is 0 Å². The smallest absolute Gasteiger partial charge is 0.220 e. The predicted octanol–water partition coefficient (Wildman–Crippen LogP) is 14.2. The van der Waals surface area contributed by atoms with Gasteiger partial charge in [-0.1, -0.05) is 256 Å². The Bertz CT molecular complexity index is 1100. The Labute approximate surface area is 413 Å². The zero-order chi connectivity index (χ0) is 48.7. The fourth-order valence-electron chi connectivity index (χ4n) is 9.43. The number of unbranched alkanes of at least 4 members (excludes halogenated alkanes) is 36. The number of hydrogen-bond acceptors (Lipinski definition) is 8. The lowest BCUT2D eigenvalue weighted by atomic mass is 9.99. The zero-order valence-corrected chi connectivity index (χ0v) is 43.9. The molecule has 0 saturated carbocycles. The molecule has 7 atom stereocenters. The minimum atomic E-state index is -1.55. The third-order valence-corrected chi connectivity index (χ3v) is 14.1. The predicted molar refractivity (Wildman–Crippen MR) is 281 cm³/mol. The SMILES string of the molecule is CCCCCCC/C=C\C/C=C\CCCCCCCCCCCCCCCCCCCCCC(=O)NC(COC1OC(CO)C(O)C(O)C1O)C(O)CCCCCCCCCCCCCCC. The van der Waals surface area contributed by atoms with E-state index in [1.54, 1.807) is 0 Å². The topological polar surface area (TPSA) is 149 Å². The summed E-state index contributed by atoms with van der Waals surface area (Å²) < 4.78 is 11.3. The number of aliphatic hydroxyl groups excluding tert-OH is 5. The molecule has 396 valence electrons. The Morgan fingerprint density at radius 1 is 0.507 bits per heavy atom. The molecule has 0 radical (unpaired) electrons. The lowest BCUT2D eigenvalue weighted by molar-refractivity contribution is -0.302. The van der Waals surface area contributed by atoms with Gasteiger partial charge in [0.15, 0.2) is 6.29 Å². The first-order valence-electron chi connectivity index (χ1n) is 29.0. The maximum absolute atomic E-state index is 13.1. The van der Waals surface area contributed by atoms with Gasteiger partial charge in [-0.25, -0.2) is 0 Å². The van der Waals surface area contributed by atoms with Gasteiger partial charge in [0.05, 0.1) is 25.4 Å². The molecular weight excluding hydrogens is 839 g/mol. The quantitative estimate of drug-likeness (QED) is 0.0261. The largest absolute Gasteiger partial charge is 0.394 e. The molecule has 0 bridgehead atoms. The van der Waals surface area contributed by atoms with Crippen molar-refractivity contribution in [3.63, 3.8) is 0 Å². The van der Waals surface area contributed by atoms with Crippen LogP contribution in [0.25, 0.3) is 0 Å². The lowest BCUT2D eigenvalue weighted by Gasteiger charge is -2.40. The van der Waals surface area contributed by atoms with Crippen molar-refractivity contribution in [3.05, 3.63) is 24.3 Å². The van der Waals surface area contributed by atoms with E-state index in [2.05, 4.69) is 43.5 Å². The number of rotatable bonds is 50. The van der Waals surface area contributed by atoms with Gasteiger partial charge >= 0.3 is 0 Å². The van der Waals surface area contributed by atoms with Gasteiger partial charge in [0.2, 0.25) is 5.91 Å². The molecule has 9 heteroatoms. The summed E-state index contributed by atoms with van der Waals surface area (Å²) in [5.41, 5.74) is 0. The summed E-state index contributed by atoms with van der Waals surface area (Å²) in [5, 5.41) is 54.6. The number of allylic oxidation sites excluding steroid dienone is 4. The normalized spacial score (nSPS) is 19.8. The van der Waals surface area contributed by atoms with E-state index in [9.17, 15) is 30.3 Å². The Morgan fingerprint density at radius 2 is 0.881 bits per heavy atom. The molecule has 1 amide bonds. The van der Waals surface area contributed by atoms with Crippen LogP contribution in [0.2, 0.25) is 0 Å². The van der Waals surface area contributed by atoms with Crippen LogP contribution in [-0.4, -0.2) is 87.5 Å². The highest BCUT2D eigenvalue weighted by atomic mass is 16.7. The molecule has 1 saturated heterocycles. The second-order valence-electron chi connectivity index (χ2n) is 20.4. The van der Waals surface area contributed by atoms with Gasteiger partial charge in [0.1, 0.15) is 24.4 Å². The monoisotopic (exact) mass is 950 g/mol. The van der Waals surface area contributed by atoms with E-state index in [1.165, 1.54) is 212 Å². The Hall–Kier alpha value is -1.33. The Balaban J connectivity index is 2.11. The summed E-state index contributed by atoms with van der Waals surface area (Å²) in [4.78, 5) is 13.1. The molecule has 1 heterocycles. The average Bonchev–Trinajstić information content (AvgIpc) is 3.33. The maximum atomic E-state index is 13.1. The fourth-order valence-corrected chi connectivity index (χ4v) is 9.43. The van der Waals surface area contributed by atoms with Crippen molar-refractivity contribution in [2.24, 2.45) is 0 Å². The molecule has 1 rings (SSSR count). The molecule has 7 unspecified atom stereocenters. The summed E-state index contributed by atoms with van der Waals surface area (Å²) in [7, 11) is 0. The van der Waals surface area contributed by atoms with Crippen molar-refractivity contribution in [2.45, 2.75) is 326 Å². The number of nitrogens with one attached hydrogen (secondary N) is 1. The first-order valence-corrected chi connectivity index (χ1v) is 29.0. The minimum Gasteiger partial charge on any atom is -0.394 e. The van der Waals surface area contributed by atoms with E-state index in [1.807, 2.05) is 0 Å². The third-order valence-electron chi connectivity index (χ3n) is 14.1. The molecule has 1 aliphatic heterocycles. The number of amides is 1. The first kappa shape index (κ1) is 63.7. The van der Waals surface area contributed by atoms with Crippen molar-refractivity contribution >= 4 is 5.91 Å². The van der Waals surface area contributed by atoms with E-state index < -0.39 is 49.5 Å². The first-order chi connectivity index (χ1) is 32.8. The van der Waals surface area contributed by atoms with Gasteiger partial charge in [-0.3, -0.25) is 4.79 Å². The summed E-state index contributed by atoms with van der Waals surface area (Å²) in [5.74, 6) is -0.140. The van der Waals surface area contributed by atoms with E-state index in [-0.39, 0.29) is 12.5 Å². The van der Waals surface area contributed by atoms with Gasteiger partial charge in [-0.2, -0.15) is 0 Å². The molecule has 0 spiro atoms. The number of aliphatic hydroxyl groups is 5. The van der Waals surface area contributed by atoms with Crippen LogP contribution in [0.5, 0.6) is 0 Å². The minimum absolute atomic E-state index is 0.134. The lowest BCUT2D eigenvalue weighted by Crippen LogP contribution is -2.60. The second-order valence-corrected chi connectivity index (χ2v) is 20.4. The standard InChI is InChI=1S/C58H111NO8/c1-3-5-7-9-11-13-15-17-18-19-20-21-22-23-24-25-26-27-28-29-30-31-32-33-34-36-38-40-42-44-46-48-54(62)59-51(50-66-58-57(65)56(64)55(63)53(49-60)67-58)52(61)47-45-43-41-39-37-35-16-14-12-10-8-6-4-2/h15,17,19-20,51-53,55-58,60-61,63-65H,3-14,16,18,21-50H2,1-2H3,(H,59,62)/b17-15-,20-19-. The van der Waals surface area contributed by atoms with Gasteiger partial charge in [-0.05, 0) is 44.9 Å². The van der Waals surface area contributed by atoms with Crippen LogP contribution in [-0.2, 0) is 14.3 Å². The van der Waals surface area contributed by atoms with Gasteiger partial charge < -0.3 is 40.3 Å². The highest BCUT2D eigenvalue weighted by Crippen LogP contribution is 2.23. The Kier molecular flexibility index (Phi) is 45.9. The maximum Gasteiger partial charge on any atom is 0.220 e. The van der Waals surface area contributed by atoms with Crippen LogP contribution in [0.1, 0.15) is 284 Å². The molecule has 67 heavy (non-hydrogen) atoms.